The maximum absolute atomic E-state index is 6.23. The summed E-state index contributed by atoms with van der Waals surface area (Å²) in [5.41, 5.74) is 2.38. The number of benzene rings is 3. The van der Waals surface area contributed by atoms with Gasteiger partial charge in [0.05, 0.1) is 0 Å². The van der Waals surface area contributed by atoms with Crippen LogP contribution in [0.2, 0.25) is 5.02 Å². The first-order valence-electron chi connectivity index (χ1n) is 9.91. The smallest absolute Gasteiger partial charge is 0.124 e. The third-order valence-corrected chi connectivity index (χ3v) is 5.73. The molecule has 0 heterocycles. The van der Waals surface area contributed by atoms with Gasteiger partial charge in [-0.1, -0.05) is 73.3 Å². The third kappa shape index (κ3) is 5.20. The van der Waals surface area contributed by atoms with E-state index in [4.69, 9.17) is 16.3 Å². The van der Waals surface area contributed by atoms with Crippen LogP contribution in [0.25, 0.3) is 10.8 Å². The van der Waals surface area contributed by atoms with E-state index in [1.165, 1.54) is 48.4 Å². The second kappa shape index (κ2) is 10.2. The Balaban J connectivity index is 0.00000225. The van der Waals surface area contributed by atoms with Crippen molar-refractivity contribution in [2.75, 3.05) is 0 Å². The molecule has 3 aromatic carbocycles. The van der Waals surface area contributed by atoms with Gasteiger partial charge in [0.25, 0.3) is 0 Å². The van der Waals surface area contributed by atoms with Crippen LogP contribution in [0.15, 0.2) is 60.7 Å². The van der Waals surface area contributed by atoms with Gasteiger partial charge in [-0.25, -0.2) is 0 Å². The van der Waals surface area contributed by atoms with Crippen molar-refractivity contribution in [3.63, 3.8) is 0 Å². The van der Waals surface area contributed by atoms with Crippen LogP contribution in [0.5, 0.6) is 5.75 Å². The summed E-state index contributed by atoms with van der Waals surface area (Å²) in [7, 11) is 0. The molecule has 0 aliphatic heterocycles. The van der Waals surface area contributed by atoms with Crippen molar-refractivity contribution in [1.82, 2.24) is 5.32 Å². The standard InChI is InChI=1S/C24H26ClNO.ClH/c25-20-13-10-18(11-14-20)17-27-24-15-12-19-6-4-5-9-22(19)23(24)16-26-21-7-2-1-3-8-21;/h4-6,9-15,21,26H,1-3,7-8,16-17H2;1H. The lowest BCUT2D eigenvalue weighted by molar-refractivity contribution is 0.300. The van der Waals surface area contributed by atoms with E-state index in [-0.39, 0.29) is 12.4 Å². The van der Waals surface area contributed by atoms with Crippen LogP contribution in [0.4, 0.5) is 0 Å². The monoisotopic (exact) mass is 415 g/mol. The Bertz CT molecular complexity index is 889. The Morgan fingerprint density at radius 3 is 2.43 bits per heavy atom. The molecule has 0 radical (unpaired) electrons. The van der Waals surface area contributed by atoms with Crippen LogP contribution in [0.1, 0.15) is 43.2 Å². The van der Waals surface area contributed by atoms with Gasteiger partial charge in [0, 0.05) is 23.2 Å². The molecule has 4 heteroatoms. The van der Waals surface area contributed by atoms with E-state index in [1.807, 2.05) is 24.3 Å². The van der Waals surface area contributed by atoms with Crippen LogP contribution in [-0.2, 0) is 13.2 Å². The minimum Gasteiger partial charge on any atom is -0.489 e. The Labute approximate surface area is 178 Å². The first-order valence-corrected chi connectivity index (χ1v) is 10.3. The van der Waals surface area contributed by atoms with Crippen LogP contribution in [-0.4, -0.2) is 6.04 Å². The zero-order valence-corrected chi connectivity index (χ0v) is 17.6. The van der Waals surface area contributed by atoms with Gasteiger partial charge in [0.1, 0.15) is 12.4 Å². The average molecular weight is 416 g/mol. The molecule has 1 saturated carbocycles. The van der Waals surface area contributed by atoms with E-state index < -0.39 is 0 Å². The second-order valence-corrected chi connectivity index (χ2v) is 7.83. The summed E-state index contributed by atoms with van der Waals surface area (Å²) in [5.74, 6) is 0.965. The van der Waals surface area contributed by atoms with Gasteiger partial charge in [-0.15, -0.1) is 12.4 Å². The molecule has 0 bridgehead atoms. The second-order valence-electron chi connectivity index (χ2n) is 7.39. The largest absolute Gasteiger partial charge is 0.489 e. The Kier molecular flexibility index (Phi) is 7.61. The van der Waals surface area contributed by atoms with Crippen molar-refractivity contribution in [2.45, 2.75) is 51.3 Å². The van der Waals surface area contributed by atoms with Crippen molar-refractivity contribution in [3.8, 4) is 5.75 Å². The number of halogens is 2. The summed E-state index contributed by atoms with van der Waals surface area (Å²) in [5, 5.41) is 7.06. The summed E-state index contributed by atoms with van der Waals surface area (Å²) in [6.45, 7) is 1.40. The first-order chi connectivity index (χ1) is 13.3. The molecule has 1 aliphatic carbocycles. The lowest BCUT2D eigenvalue weighted by atomic mass is 9.95. The molecule has 0 spiro atoms. The quantitative estimate of drug-likeness (QED) is 0.471. The lowest BCUT2D eigenvalue weighted by Crippen LogP contribution is -2.30. The van der Waals surface area contributed by atoms with Crippen LogP contribution in [0.3, 0.4) is 0 Å². The molecule has 0 unspecified atom stereocenters. The number of hydrogen-bond acceptors (Lipinski definition) is 2. The fourth-order valence-corrected chi connectivity index (χ4v) is 4.05. The Morgan fingerprint density at radius 1 is 0.893 bits per heavy atom. The van der Waals surface area contributed by atoms with Crippen molar-refractivity contribution >= 4 is 34.8 Å². The van der Waals surface area contributed by atoms with E-state index in [1.54, 1.807) is 0 Å². The predicted octanol–water partition coefficient (Wildman–Crippen LogP) is 6.92. The number of ether oxygens (including phenoxy) is 1. The third-order valence-electron chi connectivity index (χ3n) is 5.48. The van der Waals surface area contributed by atoms with E-state index in [0.717, 1.165) is 22.9 Å². The maximum Gasteiger partial charge on any atom is 0.124 e. The highest BCUT2D eigenvalue weighted by atomic mass is 35.5. The van der Waals surface area contributed by atoms with Crippen LogP contribution >= 0.6 is 24.0 Å². The molecule has 4 rings (SSSR count). The summed E-state index contributed by atoms with van der Waals surface area (Å²) in [6, 6.07) is 21.3. The highest BCUT2D eigenvalue weighted by molar-refractivity contribution is 6.30. The number of hydrogen-bond donors (Lipinski definition) is 1. The molecule has 0 aromatic heterocycles. The number of fused-ring (bicyclic) bond motifs is 1. The maximum atomic E-state index is 6.23. The van der Waals surface area contributed by atoms with Gasteiger partial charge in [-0.3, -0.25) is 0 Å². The molecule has 2 nitrogen and oxygen atoms in total. The summed E-state index contributed by atoms with van der Waals surface area (Å²) >= 11 is 5.99. The first kappa shape index (κ1) is 21.0. The highest BCUT2D eigenvalue weighted by Gasteiger charge is 2.15. The van der Waals surface area contributed by atoms with E-state index in [9.17, 15) is 0 Å². The fraction of sp³-hybridized carbons (Fsp3) is 0.333. The molecule has 1 N–H and O–H groups in total. The fourth-order valence-electron chi connectivity index (χ4n) is 3.93. The van der Waals surface area contributed by atoms with Crippen molar-refractivity contribution in [1.29, 1.82) is 0 Å². The normalized spacial score (nSPS) is 14.6. The minimum absolute atomic E-state index is 0. The predicted molar refractivity (Wildman–Crippen MR) is 121 cm³/mol. The Morgan fingerprint density at radius 2 is 1.64 bits per heavy atom. The van der Waals surface area contributed by atoms with E-state index in [2.05, 4.69) is 41.7 Å². The molecule has 0 atom stereocenters. The van der Waals surface area contributed by atoms with Gasteiger partial charge in [-0.2, -0.15) is 0 Å². The van der Waals surface area contributed by atoms with Crippen molar-refractivity contribution in [2.24, 2.45) is 0 Å². The van der Waals surface area contributed by atoms with Gasteiger partial charge < -0.3 is 10.1 Å². The molecule has 148 valence electrons. The van der Waals surface area contributed by atoms with Crippen LogP contribution < -0.4 is 10.1 Å². The molecular weight excluding hydrogens is 389 g/mol. The minimum atomic E-state index is 0. The summed E-state index contributed by atoms with van der Waals surface area (Å²) in [4.78, 5) is 0. The number of nitrogens with one attached hydrogen (secondary N) is 1. The van der Waals surface area contributed by atoms with Crippen LogP contribution in [0, 0.1) is 0 Å². The van der Waals surface area contributed by atoms with Crippen molar-refractivity contribution < 1.29 is 4.74 Å². The Hall–Kier alpha value is -1.74. The number of rotatable bonds is 6. The molecule has 0 saturated heterocycles. The summed E-state index contributed by atoms with van der Waals surface area (Å²) < 4.78 is 6.23. The van der Waals surface area contributed by atoms with E-state index in [0.29, 0.717) is 12.6 Å². The highest BCUT2D eigenvalue weighted by Crippen LogP contribution is 2.29. The molecule has 28 heavy (non-hydrogen) atoms. The van der Waals surface area contributed by atoms with Gasteiger partial charge in [0.2, 0.25) is 0 Å². The van der Waals surface area contributed by atoms with Gasteiger partial charge in [0.15, 0.2) is 0 Å². The molecular formula is C24H27Cl2NO. The van der Waals surface area contributed by atoms with E-state index >= 15 is 0 Å². The zero-order chi connectivity index (χ0) is 18.5. The van der Waals surface area contributed by atoms with Gasteiger partial charge in [-0.05, 0) is 47.4 Å². The molecule has 1 fully saturated rings. The zero-order valence-electron chi connectivity index (χ0n) is 16.0. The summed E-state index contributed by atoms with van der Waals surface area (Å²) in [6.07, 6.45) is 6.62. The molecule has 0 amide bonds. The lowest BCUT2D eigenvalue weighted by Gasteiger charge is -2.24. The topological polar surface area (TPSA) is 21.3 Å². The molecule has 1 aliphatic rings. The van der Waals surface area contributed by atoms with Crippen molar-refractivity contribution in [3.05, 3.63) is 76.8 Å². The molecule has 3 aromatic rings. The SMILES string of the molecule is Cl.Clc1ccc(COc2ccc3ccccc3c2CNC2CCCCC2)cc1. The van der Waals surface area contributed by atoms with Gasteiger partial charge >= 0.3 is 0 Å². The average Bonchev–Trinajstić information content (AvgIpc) is 2.73.